The molecule has 0 fully saturated rings. The van der Waals surface area contributed by atoms with Gasteiger partial charge in [0.25, 0.3) is 0 Å². The highest BCUT2D eigenvalue weighted by Crippen LogP contribution is 2.35. The van der Waals surface area contributed by atoms with Crippen molar-refractivity contribution in [1.29, 1.82) is 0 Å². The Hall–Kier alpha value is -2.09. The standard InChI is InChI=1S/C17H19FO/c1-6-9-14(8-3)17(4,5)15-10-11-16(19-18)13(7-2)12-15/h6-12H,1-3H2,4-5H3/b14-9+. The van der Waals surface area contributed by atoms with Gasteiger partial charge < -0.3 is 0 Å². The molecule has 0 N–H and O–H groups in total. The Morgan fingerprint density at radius 1 is 1.26 bits per heavy atom. The van der Waals surface area contributed by atoms with Gasteiger partial charge >= 0.3 is 0 Å². The predicted molar refractivity (Wildman–Crippen MR) is 79.8 cm³/mol. The van der Waals surface area contributed by atoms with Crippen molar-refractivity contribution in [3.8, 4) is 5.75 Å². The molecule has 0 aliphatic rings. The molecule has 0 heterocycles. The molecular weight excluding hydrogens is 239 g/mol. The number of halogens is 1. The van der Waals surface area contributed by atoms with E-state index >= 15 is 0 Å². The van der Waals surface area contributed by atoms with Crippen LogP contribution in [0.1, 0.15) is 25.0 Å². The van der Waals surface area contributed by atoms with Crippen molar-refractivity contribution in [1.82, 2.24) is 0 Å². The minimum Gasteiger partial charge on any atom is -0.294 e. The zero-order chi connectivity index (χ0) is 14.5. The van der Waals surface area contributed by atoms with Crippen LogP contribution in [0.4, 0.5) is 4.53 Å². The molecule has 0 amide bonds. The van der Waals surface area contributed by atoms with Crippen molar-refractivity contribution in [2.75, 3.05) is 0 Å². The zero-order valence-electron chi connectivity index (χ0n) is 11.4. The Morgan fingerprint density at radius 3 is 2.42 bits per heavy atom. The number of allylic oxidation sites excluding steroid dienone is 4. The molecule has 1 rings (SSSR count). The Kier molecular flexibility index (Phi) is 4.87. The fraction of sp³-hybridized carbons (Fsp3) is 0.176. The molecular formula is C17H19FO. The monoisotopic (exact) mass is 258 g/mol. The van der Waals surface area contributed by atoms with E-state index < -0.39 is 0 Å². The summed E-state index contributed by atoms with van der Waals surface area (Å²) in [6.45, 7) is 15.3. The summed E-state index contributed by atoms with van der Waals surface area (Å²) in [4.78, 5) is 3.82. The van der Waals surface area contributed by atoms with Crippen LogP contribution in [0.25, 0.3) is 6.08 Å². The third-order valence-electron chi connectivity index (χ3n) is 3.27. The summed E-state index contributed by atoms with van der Waals surface area (Å²) in [5.74, 6) is 0.169. The minimum atomic E-state index is -0.261. The Labute approximate surface area is 114 Å². The maximum Gasteiger partial charge on any atom is 0.179 e. The third-order valence-corrected chi connectivity index (χ3v) is 3.27. The van der Waals surface area contributed by atoms with Crippen molar-refractivity contribution in [2.45, 2.75) is 19.3 Å². The summed E-state index contributed by atoms with van der Waals surface area (Å²) in [5, 5.41) is 0. The fourth-order valence-corrected chi connectivity index (χ4v) is 1.99. The van der Waals surface area contributed by atoms with Gasteiger partial charge in [-0.15, -0.1) is 0 Å². The quantitative estimate of drug-likeness (QED) is 0.640. The zero-order valence-corrected chi connectivity index (χ0v) is 11.4. The lowest BCUT2D eigenvalue weighted by Crippen LogP contribution is -2.19. The average molecular weight is 258 g/mol. The lowest BCUT2D eigenvalue weighted by atomic mass is 9.77. The first kappa shape index (κ1) is 15.0. The van der Waals surface area contributed by atoms with Gasteiger partial charge in [-0.1, -0.05) is 64.0 Å². The minimum absolute atomic E-state index is 0.169. The molecule has 19 heavy (non-hydrogen) atoms. The topological polar surface area (TPSA) is 9.23 Å². The van der Waals surface area contributed by atoms with Crippen LogP contribution in [0.3, 0.4) is 0 Å². The van der Waals surface area contributed by atoms with Crippen LogP contribution >= 0.6 is 0 Å². The van der Waals surface area contributed by atoms with Crippen molar-refractivity contribution in [3.05, 3.63) is 72.9 Å². The van der Waals surface area contributed by atoms with E-state index in [1.54, 1.807) is 24.3 Å². The molecule has 0 aromatic heterocycles. The highest BCUT2D eigenvalue weighted by Gasteiger charge is 2.24. The molecule has 100 valence electrons. The maximum absolute atomic E-state index is 12.4. The van der Waals surface area contributed by atoms with E-state index in [0.29, 0.717) is 5.56 Å². The van der Waals surface area contributed by atoms with Crippen LogP contribution in [0, 0.1) is 0 Å². The van der Waals surface area contributed by atoms with Crippen molar-refractivity contribution >= 4 is 6.08 Å². The predicted octanol–water partition coefficient (Wildman–Crippen LogP) is 5.17. The second-order valence-electron chi connectivity index (χ2n) is 4.72. The van der Waals surface area contributed by atoms with E-state index in [4.69, 9.17) is 0 Å². The largest absolute Gasteiger partial charge is 0.294 e. The third kappa shape index (κ3) is 3.02. The molecule has 2 heteroatoms. The number of benzene rings is 1. The molecule has 0 atom stereocenters. The molecule has 0 saturated heterocycles. The Morgan fingerprint density at radius 2 is 1.95 bits per heavy atom. The average Bonchev–Trinajstić information content (AvgIpc) is 2.43. The Bertz CT molecular complexity index is 524. The highest BCUT2D eigenvalue weighted by molar-refractivity contribution is 5.58. The second kappa shape index (κ2) is 6.19. The molecule has 1 nitrogen and oxygen atoms in total. The summed E-state index contributed by atoms with van der Waals surface area (Å²) in [7, 11) is 0. The van der Waals surface area contributed by atoms with Crippen molar-refractivity contribution in [3.63, 3.8) is 0 Å². The molecule has 1 aromatic rings. The molecule has 0 unspecified atom stereocenters. The SMILES string of the molecule is C=C/C=C(\C=C)C(C)(C)c1ccc(OF)c(C=C)c1. The maximum atomic E-state index is 12.4. The van der Waals surface area contributed by atoms with Gasteiger partial charge in [0.2, 0.25) is 0 Å². The summed E-state index contributed by atoms with van der Waals surface area (Å²) in [6.07, 6.45) is 7.01. The second-order valence-corrected chi connectivity index (χ2v) is 4.72. The summed E-state index contributed by atoms with van der Waals surface area (Å²) >= 11 is 0. The fourth-order valence-electron chi connectivity index (χ4n) is 1.99. The molecule has 0 saturated carbocycles. The summed E-state index contributed by atoms with van der Waals surface area (Å²) in [5.41, 5.74) is 2.42. The van der Waals surface area contributed by atoms with E-state index in [9.17, 15) is 4.53 Å². The van der Waals surface area contributed by atoms with Gasteiger partial charge in [-0.25, -0.2) is 0 Å². The van der Waals surface area contributed by atoms with Crippen LogP contribution < -0.4 is 4.94 Å². The van der Waals surface area contributed by atoms with Gasteiger partial charge in [0, 0.05) is 15.5 Å². The van der Waals surface area contributed by atoms with E-state index in [0.717, 1.165) is 11.1 Å². The van der Waals surface area contributed by atoms with Crippen LogP contribution in [-0.2, 0) is 5.41 Å². The van der Waals surface area contributed by atoms with E-state index in [-0.39, 0.29) is 11.2 Å². The first-order valence-corrected chi connectivity index (χ1v) is 6.02. The number of rotatable bonds is 6. The summed E-state index contributed by atoms with van der Waals surface area (Å²) < 4.78 is 12.4. The molecule has 1 aromatic carbocycles. The van der Waals surface area contributed by atoms with E-state index in [2.05, 4.69) is 38.5 Å². The van der Waals surface area contributed by atoms with E-state index in [1.165, 1.54) is 0 Å². The molecule has 0 aliphatic carbocycles. The number of hydrogen-bond acceptors (Lipinski definition) is 1. The van der Waals surface area contributed by atoms with Gasteiger partial charge in [0.05, 0.1) is 0 Å². The Balaban J connectivity index is 3.36. The van der Waals surface area contributed by atoms with Crippen molar-refractivity contribution < 1.29 is 9.47 Å². The van der Waals surface area contributed by atoms with Gasteiger partial charge in [0.15, 0.2) is 5.75 Å². The van der Waals surface area contributed by atoms with Gasteiger partial charge in [-0.05, 0) is 23.3 Å². The van der Waals surface area contributed by atoms with Crippen LogP contribution in [-0.4, -0.2) is 0 Å². The van der Waals surface area contributed by atoms with Crippen molar-refractivity contribution in [2.24, 2.45) is 0 Å². The molecule has 0 bridgehead atoms. The molecule has 0 radical (unpaired) electrons. The molecule has 0 spiro atoms. The van der Waals surface area contributed by atoms with Gasteiger partial charge in [-0.3, -0.25) is 4.94 Å². The summed E-state index contributed by atoms with van der Waals surface area (Å²) in [6, 6.07) is 5.30. The smallest absolute Gasteiger partial charge is 0.179 e. The van der Waals surface area contributed by atoms with E-state index in [1.807, 2.05) is 18.2 Å². The van der Waals surface area contributed by atoms with Crippen LogP contribution in [0.5, 0.6) is 5.75 Å². The first-order chi connectivity index (χ1) is 9.01. The normalized spacial score (nSPS) is 11.8. The lowest BCUT2D eigenvalue weighted by molar-refractivity contribution is -0.00648. The van der Waals surface area contributed by atoms with Crippen LogP contribution in [0.2, 0.25) is 0 Å². The number of hydrogen-bond donors (Lipinski definition) is 0. The highest BCUT2D eigenvalue weighted by atomic mass is 19.3. The lowest BCUT2D eigenvalue weighted by Gasteiger charge is -2.27. The molecule has 0 aliphatic heterocycles. The van der Waals surface area contributed by atoms with Crippen LogP contribution in [0.15, 0.2) is 61.7 Å². The van der Waals surface area contributed by atoms with Gasteiger partial charge in [-0.2, -0.15) is 0 Å². The first-order valence-electron chi connectivity index (χ1n) is 6.02. The van der Waals surface area contributed by atoms with Gasteiger partial charge in [0.1, 0.15) is 0 Å².